The van der Waals surface area contributed by atoms with Crippen molar-refractivity contribution in [3.63, 3.8) is 0 Å². The van der Waals surface area contributed by atoms with E-state index in [4.69, 9.17) is 4.52 Å². The first kappa shape index (κ1) is 14.9. The van der Waals surface area contributed by atoms with Gasteiger partial charge < -0.3 is 9.84 Å². The average Bonchev–Trinajstić information content (AvgIpc) is 2.89. The first-order valence-electron chi connectivity index (χ1n) is 6.24. The summed E-state index contributed by atoms with van der Waals surface area (Å²) in [5.74, 6) is -0.474. The SMILES string of the molecule is Cl.Fc1ccc(-c2noc([C@H]3CCCNC3)n2)c(F)c1. The Kier molecular flexibility index (Phi) is 4.67. The van der Waals surface area contributed by atoms with Crippen molar-refractivity contribution < 1.29 is 13.3 Å². The maximum Gasteiger partial charge on any atom is 0.231 e. The van der Waals surface area contributed by atoms with Gasteiger partial charge in [-0.25, -0.2) is 8.78 Å². The zero-order valence-electron chi connectivity index (χ0n) is 10.6. The molecule has 108 valence electrons. The van der Waals surface area contributed by atoms with E-state index in [2.05, 4.69) is 15.5 Å². The first-order chi connectivity index (χ1) is 9.24. The molecule has 0 aliphatic carbocycles. The van der Waals surface area contributed by atoms with Gasteiger partial charge in [-0.05, 0) is 31.5 Å². The Bertz CT molecular complexity index is 585. The van der Waals surface area contributed by atoms with Crippen LogP contribution in [-0.4, -0.2) is 23.2 Å². The van der Waals surface area contributed by atoms with Crippen molar-refractivity contribution in [2.45, 2.75) is 18.8 Å². The average molecular weight is 302 g/mol. The van der Waals surface area contributed by atoms with Crippen LogP contribution in [0.5, 0.6) is 0 Å². The molecule has 0 unspecified atom stereocenters. The number of hydrogen-bond acceptors (Lipinski definition) is 4. The van der Waals surface area contributed by atoms with Crippen molar-refractivity contribution in [1.29, 1.82) is 0 Å². The largest absolute Gasteiger partial charge is 0.339 e. The van der Waals surface area contributed by atoms with E-state index in [0.29, 0.717) is 5.89 Å². The lowest BCUT2D eigenvalue weighted by Gasteiger charge is -2.18. The molecule has 7 heteroatoms. The summed E-state index contributed by atoms with van der Waals surface area (Å²) < 4.78 is 31.6. The van der Waals surface area contributed by atoms with Crippen LogP contribution in [0.15, 0.2) is 22.7 Å². The van der Waals surface area contributed by atoms with Crippen molar-refractivity contribution in [2.24, 2.45) is 0 Å². The molecule has 1 saturated heterocycles. The number of rotatable bonds is 2. The monoisotopic (exact) mass is 301 g/mol. The fourth-order valence-corrected chi connectivity index (χ4v) is 2.24. The lowest BCUT2D eigenvalue weighted by molar-refractivity contribution is 0.322. The van der Waals surface area contributed by atoms with Gasteiger partial charge in [0.15, 0.2) is 0 Å². The molecule has 2 aromatic rings. The van der Waals surface area contributed by atoms with Gasteiger partial charge in [-0.3, -0.25) is 0 Å². The molecule has 1 aromatic carbocycles. The van der Waals surface area contributed by atoms with Gasteiger partial charge in [-0.1, -0.05) is 5.16 Å². The van der Waals surface area contributed by atoms with Crippen LogP contribution in [0.25, 0.3) is 11.4 Å². The van der Waals surface area contributed by atoms with E-state index in [1.165, 1.54) is 12.1 Å². The van der Waals surface area contributed by atoms with E-state index >= 15 is 0 Å². The number of piperidine rings is 1. The predicted molar refractivity (Wildman–Crippen MR) is 71.7 cm³/mol. The molecule has 1 atom stereocenters. The van der Waals surface area contributed by atoms with Crippen LogP contribution in [-0.2, 0) is 0 Å². The molecule has 0 bridgehead atoms. The van der Waals surface area contributed by atoms with E-state index in [9.17, 15) is 8.78 Å². The molecule has 1 fully saturated rings. The highest BCUT2D eigenvalue weighted by molar-refractivity contribution is 5.85. The maximum atomic E-state index is 13.6. The maximum absolute atomic E-state index is 13.6. The normalized spacial score (nSPS) is 18.6. The molecule has 4 nitrogen and oxygen atoms in total. The predicted octanol–water partition coefficient (Wildman–Crippen LogP) is 2.90. The molecule has 1 aliphatic rings. The molecular formula is C13H14ClF2N3O. The van der Waals surface area contributed by atoms with Gasteiger partial charge in [0.05, 0.1) is 11.5 Å². The van der Waals surface area contributed by atoms with E-state index in [1.54, 1.807) is 0 Å². The van der Waals surface area contributed by atoms with E-state index in [0.717, 1.165) is 32.0 Å². The minimum absolute atomic E-state index is 0. The Morgan fingerprint density at radius 3 is 2.85 bits per heavy atom. The molecule has 3 rings (SSSR count). The molecule has 0 saturated carbocycles. The Labute approximate surface area is 121 Å². The van der Waals surface area contributed by atoms with Crippen LogP contribution in [0, 0.1) is 11.6 Å². The zero-order valence-corrected chi connectivity index (χ0v) is 11.4. The second-order valence-corrected chi connectivity index (χ2v) is 4.62. The standard InChI is InChI=1S/C13H13F2N3O.ClH/c14-9-3-4-10(11(15)6-9)12-17-13(19-18-12)8-2-1-5-16-7-8;/h3-4,6,8,16H,1-2,5,7H2;1H/t8-;/m0./s1. The van der Waals surface area contributed by atoms with Crippen LogP contribution in [0.1, 0.15) is 24.7 Å². The summed E-state index contributed by atoms with van der Waals surface area (Å²) in [6.45, 7) is 1.78. The summed E-state index contributed by atoms with van der Waals surface area (Å²) in [6.07, 6.45) is 2.02. The smallest absolute Gasteiger partial charge is 0.231 e. The summed E-state index contributed by atoms with van der Waals surface area (Å²) in [6, 6.07) is 3.31. The van der Waals surface area contributed by atoms with Gasteiger partial charge in [0.2, 0.25) is 11.7 Å². The number of benzene rings is 1. The van der Waals surface area contributed by atoms with Crippen molar-refractivity contribution in [3.8, 4) is 11.4 Å². The molecule has 0 radical (unpaired) electrons. The molecule has 1 aromatic heterocycles. The Morgan fingerprint density at radius 2 is 2.15 bits per heavy atom. The highest BCUT2D eigenvalue weighted by atomic mass is 35.5. The molecule has 0 spiro atoms. The number of aromatic nitrogens is 2. The number of nitrogens with one attached hydrogen (secondary N) is 1. The third kappa shape index (κ3) is 2.96. The summed E-state index contributed by atoms with van der Waals surface area (Å²) in [7, 11) is 0. The minimum atomic E-state index is -0.686. The van der Waals surface area contributed by atoms with Gasteiger partial charge in [0.25, 0.3) is 0 Å². The Morgan fingerprint density at radius 1 is 1.30 bits per heavy atom. The lowest BCUT2D eigenvalue weighted by atomic mass is 10.00. The lowest BCUT2D eigenvalue weighted by Crippen LogP contribution is -2.28. The van der Waals surface area contributed by atoms with Gasteiger partial charge in [0.1, 0.15) is 11.6 Å². The van der Waals surface area contributed by atoms with Crippen LogP contribution in [0.3, 0.4) is 0 Å². The second kappa shape index (κ2) is 6.28. The number of hydrogen-bond donors (Lipinski definition) is 1. The highest BCUT2D eigenvalue weighted by Gasteiger charge is 2.22. The van der Waals surface area contributed by atoms with Crippen molar-refractivity contribution in [2.75, 3.05) is 13.1 Å². The molecular weight excluding hydrogens is 288 g/mol. The number of halogens is 3. The molecule has 20 heavy (non-hydrogen) atoms. The molecule has 0 amide bonds. The Hall–Kier alpha value is -1.53. The van der Waals surface area contributed by atoms with Gasteiger partial charge in [-0.15, -0.1) is 12.4 Å². The minimum Gasteiger partial charge on any atom is -0.339 e. The highest BCUT2D eigenvalue weighted by Crippen LogP contribution is 2.25. The van der Waals surface area contributed by atoms with Crippen molar-refractivity contribution in [3.05, 3.63) is 35.7 Å². The van der Waals surface area contributed by atoms with E-state index in [-0.39, 0.29) is 29.7 Å². The summed E-state index contributed by atoms with van der Waals surface area (Å²) in [5.41, 5.74) is 0.153. The van der Waals surface area contributed by atoms with Gasteiger partial charge in [-0.2, -0.15) is 4.98 Å². The quantitative estimate of drug-likeness (QED) is 0.926. The summed E-state index contributed by atoms with van der Waals surface area (Å²) in [5, 5.41) is 7.03. The third-order valence-corrected chi connectivity index (χ3v) is 3.26. The zero-order chi connectivity index (χ0) is 13.2. The van der Waals surface area contributed by atoms with E-state index in [1.807, 2.05) is 0 Å². The summed E-state index contributed by atoms with van der Waals surface area (Å²) >= 11 is 0. The molecule has 2 heterocycles. The van der Waals surface area contributed by atoms with E-state index < -0.39 is 11.6 Å². The topological polar surface area (TPSA) is 51.0 Å². The molecule has 1 N–H and O–H groups in total. The first-order valence-corrected chi connectivity index (χ1v) is 6.24. The van der Waals surface area contributed by atoms with Crippen LogP contribution < -0.4 is 5.32 Å². The Balaban J connectivity index is 0.00000147. The van der Waals surface area contributed by atoms with Gasteiger partial charge in [0, 0.05) is 12.6 Å². The third-order valence-electron chi connectivity index (χ3n) is 3.26. The fourth-order valence-electron chi connectivity index (χ4n) is 2.24. The van der Waals surface area contributed by atoms with Gasteiger partial charge >= 0.3 is 0 Å². The fraction of sp³-hybridized carbons (Fsp3) is 0.385. The summed E-state index contributed by atoms with van der Waals surface area (Å²) in [4.78, 5) is 4.21. The number of nitrogens with zero attached hydrogens (tertiary/aromatic N) is 2. The van der Waals surface area contributed by atoms with Crippen LogP contribution >= 0.6 is 12.4 Å². The van der Waals surface area contributed by atoms with Crippen molar-refractivity contribution in [1.82, 2.24) is 15.5 Å². The molecule has 1 aliphatic heterocycles. The van der Waals surface area contributed by atoms with Crippen molar-refractivity contribution >= 4 is 12.4 Å². The van der Waals surface area contributed by atoms with Crippen LogP contribution in [0.2, 0.25) is 0 Å². The van der Waals surface area contributed by atoms with Crippen LogP contribution in [0.4, 0.5) is 8.78 Å². The second-order valence-electron chi connectivity index (χ2n) is 4.62.